The normalized spacial score (nSPS) is 15.1. The van der Waals surface area contributed by atoms with Gasteiger partial charge < -0.3 is 24.1 Å². The van der Waals surface area contributed by atoms with E-state index in [2.05, 4.69) is 10.5 Å². The maximum Gasteiger partial charge on any atom is 0.277 e. The highest BCUT2D eigenvalue weighted by Gasteiger charge is 2.23. The van der Waals surface area contributed by atoms with E-state index in [4.69, 9.17) is 30.3 Å². The van der Waals surface area contributed by atoms with Crippen LogP contribution in [0, 0.1) is 0 Å². The smallest absolute Gasteiger partial charge is 0.277 e. The molecule has 1 unspecified atom stereocenters. The van der Waals surface area contributed by atoms with Gasteiger partial charge in [-0.3, -0.25) is 4.79 Å². The van der Waals surface area contributed by atoms with Gasteiger partial charge in [-0.2, -0.15) is 0 Å². The van der Waals surface area contributed by atoms with Gasteiger partial charge in [0.05, 0.1) is 17.7 Å². The fourth-order valence-corrected chi connectivity index (χ4v) is 2.93. The van der Waals surface area contributed by atoms with Crippen molar-refractivity contribution >= 4 is 23.2 Å². The summed E-state index contributed by atoms with van der Waals surface area (Å²) in [5, 5.41) is 7.10. The summed E-state index contributed by atoms with van der Waals surface area (Å²) in [6, 6.07) is 13.9. The Balaban J connectivity index is 1.39. The van der Waals surface area contributed by atoms with E-state index < -0.39 is 0 Å². The van der Waals surface area contributed by atoms with Gasteiger partial charge in [0.2, 0.25) is 0 Å². The van der Waals surface area contributed by atoms with Crippen molar-refractivity contribution in [2.24, 2.45) is 0 Å². The number of rotatable bonds is 8. The summed E-state index contributed by atoms with van der Waals surface area (Å²) in [5.41, 5.74) is 1.48. The highest BCUT2D eigenvalue weighted by atomic mass is 35.5. The number of hydrogen-bond donors (Lipinski definition) is 1. The first-order valence-electron chi connectivity index (χ1n) is 9.57. The Morgan fingerprint density at radius 1 is 1.23 bits per heavy atom. The second-order valence-corrected chi connectivity index (χ2v) is 7.54. The van der Waals surface area contributed by atoms with Gasteiger partial charge in [-0.15, -0.1) is 0 Å². The molecule has 1 fully saturated rings. The van der Waals surface area contributed by atoms with Crippen molar-refractivity contribution in [2.75, 3.05) is 18.5 Å². The molecule has 1 aliphatic rings. The van der Waals surface area contributed by atoms with Crippen LogP contribution in [0.15, 0.2) is 53.1 Å². The number of aromatic nitrogens is 1. The van der Waals surface area contributed by atoms with Crippen LogP contribution >= 0.6 is 11.6 Å². The molecule has 0 spiro atoms. The topological polar surface area (TPSA) is 86.1 Å². The lowest BCUT2D eigenvalue weighted by atomic mass is 10.1. The fraction of sp³-hybridized carbons (Fsp3) is 0.273. The van der Waals surface area contributed by atoms with Gasteiger partial charge in [0, 0.05) is 17.3 Å². The van der Waals surface area contributed by atoms with Crippen LogP contribution in [-0.2, 0) is 4.74 Å². The minimum absolute atomic E-state index is 0.0155. The Bertz CT molecular complexity index is 1030. The lowest BCUT2D eigenvalue weighted by Crippen LogP contribution is -2.12. The number of benzene rings is 2. The van der Waals surface area contributed by atoms with E-state index in [1.807, 2.05) is 13.8 Å². The second-order valence-electron chi connectivity index (χ2n) is 7.13. The van der Waals surface area contributed by atoms with Crippen LogP contribution in [-0.4, -0.2) is 36.5 Å². The molecule has 1 aromatic heterocycles. The van der Waals surface area contributed by atoms with E-state index in [9.17, 15) is 4.79 Å². The molecule has 2 heterocycles. The van der Waals surface area contributed by atoms with Crippen LogP contribution in [0.1, 0.15) is 24.3 Å². The second kappa shape index (κ2) is 8.77. The third-order valence-corrected chi connectivity index (χ3v) is 4.57. The minimum Gasteiger partial charge on any atom is -0.491 e. The number of hydrogen-bond acceptors (Lipinski definition) is 6. The predicted octanol–water partition coefficient (Wildman–Crippen LogP) is 4.81. The van der Waals surface area contributed by atoms with Crippen molar-refractivity contribution in [3.05, 3.63) is 59.2 Å². The van der Waals surface area contributed by atoms with Crippen molar-refractivity contribution < 1.29 is 23.5 Å². The van der Waals surface area contributed by atoms with E-state index in [1.165, 1.54) is 0 Å². The quantitative estimate of drug-likeness (QED) is 0.518. The van der Waals surface area contributed by atoms with Crippen molar-refractivity contribution in [1.82, 2.24) is 5.16 Å². The van der Waals surface area contributed by atoms with Crippen LogP contribution in [0.5, 0.6) is 11.5 Å². The SMILES string of the molecule is CC(C)Oc1ccc(-c2cc(C(=O)Nc3ccc(OCC4CO4)cc3)no2)cc1Cl. The molecule has 156 valence electrons. The van der Waals surface area contributed by atoms with Crippen molar-refractivity contribution in [1.29, 1.82) is 0 Å². The number of amides is 1. The average Bonchev–Trinajstić information content (AvgIpc) is 3.42. The van der Waals surface area contributed by atoms with Crippen LogP contribution in [0.25, 0.3) is 11.3 Å². The Morgan fingerprint density at radius 3 is 2.67 bits per heavy atom. The minimum atomic E-state index is -0.379. The molecule has 1 N–H and O–H groups in total. The Kier molecular flexibility index (Phi) is 5.92. The Hall–Kier alpha value is -3.03. The zero-order valence-electron chi connectivity index (χ0n) is 16.6. The molecular weight excluding hydrogens is 408 g/mol. The van der Waals surface area contributed by atoms with E-state index in [1.54, 1.807) is 48.5 Å². The molecule has 2 aromatic carbocycles. The summed E-state index contributed by atoms with van der Waals surface area (Å²) in [4.78, 5) is 12.5. The van der Waals surface area contributed by atoms with Gasteiger partial charge >= 0.3 is 0 Å². The highest BCUT2D eigenvalue weighted by molar-refractivity contribution is 6.32. The van der Waals surface area contributed by atoms with Crippen LogP contribution < -0.4 is 14.8 Å². The lowest BCUT2D eigenvalue weighted by Gasteiger charge is -2.11. The first kappa shape index (κ1) is 20.3. The van der Waals surface area contributed by atoms with E-state index in [-0.39, 0.29) is 23.8 Å². The number of ether oxygens (including phenoxy) is 3. The largest absolute Gasteiger partial charge is 0.491 e. The summed E-state index contributed by atoms with van der Waals surface area (Å²) >= 11 is 6.27. The molecule has 1 atom stereocenters. The van der Waals surface area contributed by atoms with Gasteiger partial charge in [-0.05, 0) is 56.3 Å². The number of epoxide rings is 1. The molecule has 8 heteroatoms. The number of carbonyl (C=O) groups excluding carboxylic acids is 1. The average molecular weight is 429 g/mol. The summed E-state index contributed by atoms with van der Waals surface area (Å²) in [6.45, 7) is 5.13. The highest BCUT2D eigenvalue weighted by Crippen LogP contribution is 2.31. The van der Waals surface area contributed by atoms with Gasteiger partial charge in [0.15, 0.2) is 11.5 Å². The van der Waals surface area contributed by atoms with Gasteiger partial charge in [-0.1, -0.05) is 16.8 Å². The van der Waals surface area contributed by atoms with E-state index >= 15 is 0 Å². The lowest BCUT2D eigenvalue weighted by molar-refractivity contribution is 0.101. The molecule has 4 rings (SSSR count). The van der Waals surface area contributed by atoms with Crippen LogP contribution in [0.2, 0.25) is 5.02 Å². The Morgan fingerprint density at radius 2 is 2.00 bits per heavy atom. The first-order chi connectivity index (χ1) is 14.5. The molecule has 3 aromatic rings. The van der Waals surface area contributed by atoms with Crippen molar-refractivity contribution in [3.8, 4) is 22.8 Å². The van der Waals surface area contributed by atoms with E-state index in [0.717, 1.165) is 6.61 Å². The molecule has 0 radical (unpaired) electrons. The summed E-state index contributed by atoms with van der Waals surface area (Å²) in [5.74, 6) is 1.36. The predicted molar refractivity (Wildman–Crippen MR) is 112 cm³/mol. The molecule has 1 saturated heterocycles. The van der Waals surface area contributed by atoms with Gasteiger partial charge in [0.1, 0.15) is 24.2 Å². The van der Waals surface area contributed by atoms with Crippen molar-refractivity contribution in [3.63, 3.8) is 0 Å². The third kappa shape index (κ3) is 5.11. The monoisotopic (exact) mass is 428 g/mol. The molecule has 7 nitrogen and oxygen atoms in total. The Labute approximate surface area is 178 Å². The molecular formula is C22H21ClN2O5. The first-order valence-corrected chi connectivity index (χ1v) is 9.95. The molecule has 30 heavy (non-hydrogen) atoms. The number of nitrogens with one attached hydrogen (secondary N) is 1. The number of anilines is 1. The third-order valence-electron chi connectivity index (χ3n) is 4.27. The molecule has 0 aliphatic carbocycles. The summed E-state index contributed by atoms with van der Waals surface area (Å²) in [7, 11) is 0. The summed E-state index contributed by atoms with van der Waals surface area (Å²) < 4.78 is 21.6. The fourth-order valence-electron chi connectivity index (χ4n) is 2.70. The maximum absolute atomic E-state index is 12.5. The summed E-state index contributed by atoms with van der Waals surface area (Å²) in [6.07, 6.45) is 0.210. The number of halogens is 1. The zero-order valence-corrected chi connectivity index (χ0v) is 17.3. The molecule has 1 aliphatic heterocycles. The standard InChI is InChI=1S/C22H21ClN2O5/c1-13(2)29-20-8-3-14(9-18(20)23)21-10-19(25-30-21)22(26)24-15-4-6-16(7-5-15)27-11-17-12-28-17/h3-10,13,17H,11-12H2,1-2H3,(H,24,26). The van der Waals surface area contributed by atoms with Crippen LogP contribution in [0.4, 0.5) is 5.69 Å². The van der Waals surface area contributed by atoms with Gasteiger partial charge in [-0.25, -0.2) is 0 Å². The maximum atomic E-state index is 12.5. The van der Waals surface area contributed by atoms with Crippen LogP contribution in [0.3, 0.4) is 0 Å². The van der Waals surface area contributed by atoms with E-state index in [0.29, 0.717) is 40.1 Å². The molecule has 0 bridgehead atoms. The van der Waals surface area contributed by atoms with Crippen molar-refractivity contribution in [2.45, 2.75) is 26.1 Å². The number of nitrogens with zero attached hydrogens (tertiary/aromatic N) is 1. The zero-order chi connectivity index (χ0) is 21.1. The molecule has 1 amide bonds. The molecule has 0 saturated carbocycles. The van der Waals surface area contributed by atoms with Gasteiger partial charge in [0.25, 0.3) is 5.91 Å². The number of carbonyl (C=O) groups is 1.